The van der Waals surface area contributed by atoms with Gasteiger partial charge in [0, 0.05) is 25.2 Å². The second-order valence-corrected chi connectivity index (χ2v) is 10.9. The molecule has 0 radical (unpaired) electrons. The van der Waals surface area contributed by atoms with Crippen molar-refractivity contribution >= 4 is 11.8 Å². The van der Waals surface area contributed by atoms with Gasteiger partial charge >= 0.3 is 0 Å². The number of carbonyl (C=O) groups is 2. The fraction of sp³-hybridized carbons (Fsp3) is 0.654. The van der Waals surface area contributed by atoms with E-state index in [2.05, 4.69) is 15.9 Å². The van der Waals surface area contributed by atoms with Gasteiger partial charge in [-0.15, -0.1) is 0 Å². The number of nitrogens with two attached hydrogens (primary N) is 1. The lowest BCUT2D eigenvalue weighted by molar-refractivity contribution is -0.142. The van der Waals surface area contributed by atoms with Crippen molar-refractivity contribution in [2.24, 2.45) is 17.6 Å². The first-order valence-corrected chi connectivity index (χ1v) is 12.8. The number of amides is 2. The molecule has 0 spiro atoms. The van der Waals surface area contributed by atoms with Gasteiger partial charge in [0.15, 0.2) is 0 Å². The van der Waals surface area contributed by atoms with Crippen LogP contribution in [0, 0.1) is 29.0 Å². The molecule has 0 aromatic heterocycles. The highest BCUT2D eigenvalue weighted by atomic mass is 19.1. The van der Waals surface area contributed by atoms with Crippen LogP contribution in [0.2, 0.25) is 0 Å². The Morgan fingerprint density at radius 3 is 2.59 bits per heavy atom. The van der Waals surface area contributed by atoms with Crippen molar-refractivity contribution in [3.8, 4) is 6.07 Å². The zero-order valence-corrected chi connectivity index (χ0v) is 19.4. The summed E-state index contributed by atoms with van der Waals surface area (Å²) < 4.78 is 13.6. The fourth-order valence-electron chi connectivity index (χ4n) is 7.26. The average Bonchev–Trinajstić information content (AvgIpc) is 3.25. The van der Waals surface area contributed by atoms with Crippen LogP contribution < -0.4 is 5.73 Å². The van der Waals surface area contributed by atoms with E-state index < -0.39 is 6.04 Å². The summed E-state index contributed by atoms with van der Waals surface area (Å²) in [6, 6.07) is 7.80. The molecule has 2 saturated carbocycles. The summed E-state index contributed by atoms with van der Waals surface area (Å²) >= 11 is 0. The van der Waals surface area contributed by atoms with Gasteiger partial charge in [-0.2, -0.15) is 5.26 Å². The van der Waals surface area contributed by atoms with Crippen LogP contribution in [0.3, 0.4) is 0 Å². The molecule has 1 aromatic rings. The maximum Gasteiger partial charge on any atom is 0.242 e. The highest BCUT2D eigenvalue weighted by Crippen LogP contribution is 2.48. The molecule has 34 heavy (non-hydrogen) atoms. The highest BCUT2D eigenvalue weighted by molar-refractivity contribution is 5.87. The molecule has 2 aliphatic carbocycles. The zero-order valence-electron chi connectivity index (χ0n) is 19.4. The largest absolute Gasteiger partial charge is 0.330 e. The van der Waals surface area contributed by atoms with Gasteiger partial charge in [-0.1, -0.05) is 25.0 Å². The van der Waals surface area contributed by atoms with E-state index in [0.717, 1.165) is 37.7 Å². The number of rotatable bonds is 6. The molecule has 1 aromatic carbocycles. The number of fused-ring (bicyclic) bond motifs is 3. The standard InChI is InChI=1S/C26H32FN5O2/c27-18-7-5-16(6-8-18)24(15-3-1-2-4-15)32-20-11-23(26(32)34)30(13-20)14-21(29)25(33)31-19(12-28)9-17-10-22(17)31/h5-8,15,17,19-24H,1-4,9-11,13-14,29H2/t17-,19+,20+,21+,22+,23+,24+/m1/s1. The summed E-state index contributed by atoms with van der Waals surface area (Å²) in [4.78, 5) is 32.5. The molecule has 6 rings (SSSR count). The normalized spacial score (nSPS) is 34.4. The first-order valence-electron chi connectivity index (χ1n) is 12.8. The van der Waals surface area contributed by atoms with Crippen LogP contribution in [0.25, 0.3) is 0 Å². The predicted molar refractivity (Wildman–Crippen MR) is 122 cm³/mol. The van der Waals surface area contributed by atoms with Gasteiger partial charge < -0.3 is 15.5 Å². The second-order valence-electron chi connectivity index (χ2n) is 10.9. The van der Waals surface area contributed by atoms with E-state index in [9.17, 15) is 19.2 Å². The number of likely N-dealkylation sites (tertiary alicyclic amines) is 3. The Hall–Kier alpha value is -2.50. The molecule has 7 atom stereocenters. The SMILES string of the molecule is N#C[C@@H]1C[C@@H]2C[C@@H]2N1C(=O)[C@@H](N)CN1C[C@@H]2C[C@H]1C(=O)N2[C@H](c1ccc(F)cc1)C1CCCC1. The highest BCUT2D eigenvalue weighted by Gasteiger charge is 2.56. The topological polar surface area (TPSA) is 93.7 Å². The van der Waals surface area contributed by atoms with Crippen LogP contribution >= 0.6 is 0 Å². The molecule has 0 unspecified atom stereocenters. The molecule has 7 nitrogen and oxygen atoms in total. The number of piperazine rings is 1. The number of halogens is 1. The van der Waals surface area contributed by atoms with Crippen LogP contribution in [-0.4, -0.2) is 69.8 Å². The van der Waals surface area contributed by atoms with Gasteiger partial charge in [-0.3, -0.25) is 14.5 Å². The van der Waals surface area contributed by atoms with Crippen LogP contribution in [0.4, 0.5) is 4.39 Å². The molecular weight excluding hydrogens is 433 g/mol. The Morgan fingerprint density at radius 2 is 1.91 bits per heavy atom. The van der Waals surface area contributed by atoms with E-state index in [1.807, 2.05) is 12.1 Å². The molecular formula is C26H32FN5O2. The lowest BCUT2D eigenvalue weighted by Gasteiger charge is -2.42. The molecule has 5 aliphatic rings. The van der Waals surface area contributed by atoms with E-state index in [0.29, 0.717) is 24.9 Å². The van der Waals surface area contributed by atoms with Crippen LogP contribution in [0.5, 0.6) is 0 Å². The van der Waals surface area contributed by atoms with E-state index in [1.54, 1.807) is 4.90 Å². The van der Waals surface area contributed by atoms with Crippen molar-refractivity contribution in [2.75, 3.05) is 13.1 Å². The van der Waals surface area contributed by atoms with Gasteiger partial charge in [0.2, 0.25) is 11.8 Å². The number of nitriles is 1. The van der Waals surface area contributed by atoms with Crippen LogP contribution in [0.15, 0.2) is 24.3 Å². The minimum absolute atomic E-state index is 0.0177. The smallest absolute Gasteiger partial charge is 0.242 e. The number of carbonyl (C=O) groups excluding carboxylic acids is 2. The lowest BCUT2D eigenvalue weighted by Crippen LogP contribution is -2.57. The summed E-state index contributed by atoms with van der Waals surface area (Å²) in [7, 11) is 0. The second kappa shape index (κ2) is 8.31. The molecule has 2 bridgehead atoms. The van der Waals surface area contributed by atoms with Crippen molar-refractivity contribution in [1.82, 2.24) is 14.7 Å². The zero-order chi connectivity index (χ0) is 23.6. The number of hydrogen-bond acceptors (Lipinski definition) is 5. The summed E-state index contributed by atoms with van der Waals surface area (Å²) in [5.41, 5.74) is 7.37. The van der Waals surface area contributed by atoms with E-state index in [4.69, 9.17) is 5.73 Å². The molecule has 5 fully saturated rings. The minimum atomic E-state index is -0.724. The molecule has 3 aliphatic heterocycles. The third kappa shape index (κ3) is 3.52. The number of piperidine rings is 1. The maximum atomic E-state index is 13.6. The number of hydrogen-bond donors (Lipinski definition) is 1. The summed E-state index contributed by atoms with van der Waals surface area (Å²) in [6.45, 7) is 1.05. The first kappa shape index (κ1) is 22.0. The minimum Gasteiger partial charge on any atom is -0.330 e. The third-order valence-corrected chi connectivity index (χ3v) is 8.93. The van der Waals surface area contributed by atoms with Crippen molar-refractivity contribution in [3.63, 3.8) is 0 Å². The van der Waals surface area contributed by atoms with Gasteiger partial charge in [0.05, 0.1) is 24.2 Å². The van der Waals surface area contributed by atoms with E-state index >= 15 is 0 Å². The lowest BCUT2D eigenvalue weighted by atomic mass is 9.89. The monoisotopic (exact) mass is 465 g/mol. The predicted octanol–water partition coefficient (Wildman–Crippen LogP) is 2.18. The molecule has 3 heterocycles. The van der Waals surface area contributed by atoms with Crippen molar-refractivity contribution < 1.29 is 14.0 Å². The third-order valence-electron chi connectivity index (χ3n) is 8.93. The van der Waals surface area contributed by atoms with E-state index in [1.165, 1.54) is 25.0 Å². The van der Waals surface area contributed by atoms with Crippen LogP contribution in [-0.2, 0) is 9.59 Å². The Morgan fingerprint density at radius 1 is 1.18 bits per heavy atom. The molecule has 2 amide bonds. The molecule has 8 heteroatoms. The average molecular weight is 466 g/mol. The Bertz CT molecular complexity index is 1020. The van der Waals surface area contributed by atoms with Gasteiger partial charge in [-0.05, 0) is 61.6 Å². The molecule has 2 N–H and O–H groups in total. The van der Waals surface area contributed by atoms with Crippen molar-refractivity contribution in [1.29, 1.82) is 5.26 Å². The quantitative estimate of drug-likeness (QED) is 0.695. The Kier molecular flexibility index (Phi) is 5.38. The van der Waals surface area contributed by atoms with Gasteiger partial charge in [0.25, 0.3) is 0 Å². The molecule has 3 saturated heterocycles. The number of benzene rings is 1. The summed E-state index contributed by atoms with van der Waals surface area (Å²) in [6.07, 6.45) is 7.00. The molecule has 180 valence electrons. The van der Waals surface area contributed by atoms with E-state index in [-0.39, 0.29) is 47.8 Å². The van der Waals surface area contributed by atoms with Crippen LogP contribution in [0.1, 0.15) is 56.6 Å². The Balaban J connectivity index is 1.16. The first-order chi connectivity index (χ1) is 16.5. The Labute approximate surface area is 199 Å². The fourth-order valence-corrected chi connectivity index (χ4v) is 7.26. The number of nitrogens with zero attached hydrogens (tertiary/aromatic N) is 4. The summed E-state index contributed by atoms with van der Waals surface area (Å²) in [5, 5.41) is 9.42. The van der Waals surface area contributed by atoms with Crippen molar-refractivity contribution in [2.45, 2.75) is 81.2 Å². The maximum absolute atomic E-state index is 13.6. The van der Waals surface area contributed by atoms with Gasteiger partial charge in [-0.25, -0.2) is 4.39 Å². The van der Waals surface area contributed by atoms with Crippen molar-refractivity contribution in [3.05, 3.63) is 35.6 Å². The summed E-state index contributed by atoms with van der Waals surface area (Å²) in [5.74, 6) is 0.546. The van der Waals surface area contributed by atoms with Gasteiger partial charge in [0.1, 0.15) is 11.9 Å².